The molecule has 2 aromatic heterocycles. The SMILES string of the molecule is CC(=S)OC1c2cccc3c4ccccc4c4ncc(n4c23)C1(C)C. The van der Waals surface area contributed by atoms with Crippen LogP contribution in [-0.4, -0.2) is 14.4 Å². The van der Waals surface area contributed by atoms with Crippen molar-refractivity contribution in [1.82, 2.24) is 9.38 Å². The molecule has 3 heterocycles. The third kappa shape index (κ3) is 1.80. The molecular formula is C21H18N2OS. The third-order valence-corrected chi connectivity index (χ3v) is 5.49. The highest BCUT2D eigenvalue weighted by molar-refractivity contribution is 7.80. The maximum Gasteiger partial charge on any atom is 0.157 e. The Kier molecular flexibility index (Phi) is 2.85. The van der Waals surface area contributed by atoms with Crippen LogP contribution < -0.4 is 0 Å². The smallest absolute Gasteiger partial charge is 0.157 e. The van der Waals surface area contributed by atoms with E-state index in [9.17, 15) is 0 Å². The number of thiocarbonyl (C=S) groups is 1. The number of hydrogen-bond acceptors (Lipinski definition) is 3. The topological polar surface area (TPSA) is 26.5 Å². The highest BCUT2D eigenvalue weighted by atomic mass is 32.1. The molecule has 0 spiro atoms. The summed E-state index contributed by atoms with van der Waals surface area (Å²) < 4.78 is 8.47. The van der Waals surface area contributed by atoms with Crippen molar-refractivity contribution < 1.29 is 4.74 Å². The van der Waals surface area contributed by atoms with Crippen molar-refractivity contribution in [2.75, 3.05) is 0 Å². The van der Waals surface area contributed by atoms with Gasteiger partial charge in [-0.1, -0.05) is 56.3 Å². The molecule has 3 nitrogen and oxygen atoms in total. The average molecular weight is 346 g/mol. The second-order valence-corrected chi connectivity index (χ2v) is 7.88. The molecule has 1 aliphatic rings. The van der Waals surface area contributed by atoms with Crippen molar-refractivity contribution in [3.05, 3.63) is 59.9 Å². The van der Waals surface area contributed by atoms with Crippen LogP contribution in [0.15, 0.2) is 48.7 Å². The number of para-hydroxylation sites is 1. The summed E-state index contributed by atoms with van der Waals surface area (Å²) in [6.45, 7) is 6.25. The molecule has 0 N–H and O–H groups in total. The second-order valence-electron chi connectivity index (χ2n) is 7.30. The standard InChI is InChI=1S/C21H18N2OS/c1-12(25)24-19-16-10-6-9-14-13-7-4-5-8-15(13)20-22-11-17(21(19,2)3)23(20)18(14)16/h4-11,19H,1-3H3. The monoisotopic (exact) mass is 346 g/mol. The molecule has 0 saturated carbocycles. The number of nitrogens with zero attached hydrogens (tertiary/aromatic N) is 2. The fraction of sp³-hybridized carbons (Fsp3) is 0.238. The van der Waals surface area contributed by atoms with Crippen molar-refractivity contribution in [3.63, 3.8) is 0 Å². The van der Waals surface area contributed by atoms with E-state index in [0.29, 0.717) is 5.05 Å². The molecule has 1 unspecified atom stereocenters. The van der Waals surface area contributed by atoms with Crippen LogP contribution in [0.2, 0.25) is 0 Å². The van der Waals surface area contributed by atoms with Gasteiger partial charge in [-0.2, -0.15) is 0 Å². The molecule has 0 saturated heterocycles. The van der Waals surface area contributed by atoms with Gasteiger partial charge < -0.3 is 4.74 Å². The Labute approximate surface area is 151 Å². The molecule has 2 aromatic carbocycles. The summed E-state index contributed by atoms with van der Waals surface area (Å²) in [6, 6.07) is 14.9. The summed E-state index contributed by atoms with van der Waals surface area (Å²) in [6.07, 6.45) is 1.87. The molecule has 0 radical (unpaired) electrons. The minimum Gasteiger partial charge on any atom is -0.478 e. The molecule has 1 aliphatic heterocycles. The average Bonchev–Trinajstić information content (AvgIpc) is 3.05. The van der Waals surface area contributed by atoms with Gasteiger partial charge in [0.25, 0.3) is 0 Å². The first-order valence-corrected chi connectivity index (χ1v) is 8.89. The lowest BCUT2D eigenvalue weighted by Gasteiger charge is -2.38. The van der Waals surface area contributed by atoms with E-state index >= 15 is 0 Å². The first-order valence-electron chi connectivity index (χ1n) is 8.48. The molecule has 0 fully saturated rings. The van der Waals surface area contributed by atoms with Crippen molar-refractivity contribution in [1.29, 1.82) is 0 Å². The van der Waals surface area contributed by atoms with Crippen LogP contribution in [0.25, 0.3) is 27.3 Å². The summed E-state index contributed by atoms with van der Waals surface area (Å²) >= 11 is 5.28. The van der Waals surface area contributed by atoms with Gasteiger partial charge in [-0.05, 0) is 17.6 Å². The van der Waals surface area contributed by atoms with Crippen LogP contribution in [0.4, 0.5) is 0 Å². The third-order valence-electron chi connectivity index (χ3n) is 5.39. The van der Waals surface area contributed by atoms with Gasteiger partial charge >= 0.3 is 0 Å². The van der Waals surface area contributed by atoms with Crippen molar-refractivity contribution in [2.24, 2.45) is 0 Å². The van der Waals surface area contributed by atoms with E-state index in [1.165, 1.54) is 32.9 Å². The normalized spacial score (nSPS) is 18.3. The first-order chi connectivity index (χ1) is 12.0. The molecule has 4 heteroatoms. The van der Waals surface area contributed by atoms with E-state index in [1.807, 2.05) is 13.1 Å². The number of hydrogen-bond donors (Lipinski definition) is 0. The van der Waals surface area contributed by atoms with Gasteiger partial charge in [0.15, 0.2) is 5.05 Å². The lowest BCUT2D eigenvalue weighted by molar-refractivity contribution is 0.112. The van der Waals surface area contributed by atoms with E-state index in [4.69, 9.17) is 21.9 Å². The number of aromatic nitrogens is 2. The second kappa shape index (κ2) is 4.79. The molecule has 4 aromatic rings. The number of fused-ring (bicyclic) bond motifs is 3. The lowest BCUT2D eigenvalue weighted by Crippen LogP contribution is -2.34. The molecule has 0 amide bonds. The zero-order valence-corrected chi connectivity index (χ0v) is 15.2. The largest absolute Gasteiger partial charge is 0.478 e. The fourth-order valence-electron chi connectivity index (χ4n) is 4.28. The van der Waals surface area contributed by atoms with E-state index in [1.54, 1.807) is 0 Å². The lowest BCUT2D eigenvalue weighted by atomic mass is 9.77. The van der Waals surface area contributed by atoms with E-state index < -0.39 is 0 Å². The summed E-state index contributed by atoms with van der Waals surface area (Å²) in [7, 11) is 0. The van der Waals surface area contributed by atoms with Crippen molar-refractivity contribution in [3.8, 4) is 0 Å². The maximum atomic E-state index is 6.16. The van der Waals surface area contributed by atoms with Gasteiger partial charge in [-0.3, -0.25) is 4.40 Å². The summed E-state index contributed by atoms with van der Waals surface area (Å²) in [4.78, 5) is 4.78. The van der Waals surface area contributed by atoms with Gasteiger partial charge in [0.05, 0.1) is 11.2 Å². The molecular weight excluding hydrogens is 328 g/mol. The summed E-state index contributed by atoms with van der Waals surface area (Å²) in [5, 5.41) is 4.20. The van der Waals surface area contributed by atoms with E-state index in [-0.39, 0.29) is 11.5 Å². The number of pyridine rings is 1. The zero-order valence-electron chi connectivity index (χ0n) is 14.4. The Bertz CT molecular complexity index is 1190. The first kappa shape index (κ1) is 14.8. The molecule has 25 heavy (non-hydrogen) atoms. The van der Waals surface area contributed by atoms with Gasteiger partial charge in [0.2, 0.25) is 0 Å². The van der Waals surface area contributed by atoms with Crippen molar-refractivity contribution >= 4 is 44.6 Å². The maximum absolute atomic E-state index is 6.16. The number of benzene rings is 2. The van der Waals surface area contributed by atoms with E-state index in [2.05, 4.69) is 60.7 Å². The van der Waals surface area contributed by atoms with E-state index in [0.717, 1.165) is 5.65 Å². The minimum atomic E-state index is -0.233. The zero-order chi connectivity index (χ0) is 17.3. The predicted octanol–water partition coefficient (Wildman–Crippen LogP) is 5.34. The van der Waals surface area contributed by atoms with Gasteiger partial charge in [0.1, 0.15) is 11.8 Å². The Morgan fingerprint density at radius 1 is 1.08 bits per heavy atom. The highest BCUT2D eigenvalue weighted by Gasteiger charge is 2.42. The summed E-state index contributed by atoms with van der Waals surface area (Å²) in [5.41, 5.74) is 4.30. The summed E-state index contributed by atoms with van der Waals surface area (Å²) in [5.74, 6) is 0. The molecule has 5 rings (SSSR count). The number of rotatable bonds is 1. The van der Waals surface area contributed by atoms with Gasteiger partial charge in [-0.15, -0.1) is 0 Å². The predicted molar refractivity (Wildman–Crippen MR) is 105 cm³/mol. The Hall–Kier alpha value is -2.46. The highest BCUT2D eigenvalue weighted by Crippen LogP contribution is 2.48. The minimum absolute atomic E-state index is 0.123. The molecule has 1 atom stereocenters. The van der Waals surface area contributed by atoms with Crippen LogP contribution in [0.5, 0.6) is 0 Å². The Balaban J connectivity index is 2.06. The van der Waals surface area contributed by atoms with Gasteiger partial charge in [-0.25, -0.2) is 4.98 Å². The molecule has 124 valence electrons. The van der Waals surface area contributed by atoms with Crippen LogP contribution in [0.3, 0.4) is 0 Å². The number of imidazole rings is 1. The molecule has 0 aliphatic carbocycles. The van der Waals surface area contributed by atoms with Crippen LogP contribution in [-0.2, 0) is 10.2 Å². The van der Waals surface area contributed by atoms with Crippen LogP contribution in [0, 0.1) is 0 Å². The quantitative estimate of drug-likeness (QED) is 0.344. The van der Waals surface area contributed by atoms with Crippen molar-refractivity contribution in [2.45, 2.75) is 32.3 Å². The van der Waals surface area contributed by atoms with Gasteiger partial charge in [0, 0.05) is 34.9 Å². The van der Waals surface area contributed by atoms with Crippen LogP contribution in [0.1, 0.15) is 38.1 Å². The number of ether oxygens (including phenoxy) is 1. The molecule has 0 bridgehead atoms. The fourth-order valence-corrected chi connectivity index (χ4v) is 4.37. The van der Waals surface area contributed by atoms with Crippen LogP contribution >= 0.6 is 12.2 Å². The Morgan fingerprint density at radius 2 is 1.80 bits per heavy atom. The Morgan fingerprint density at radius 3 is 2.56 bits per heavy atom.